The van der Waals surface area contributed by atoms with Gasteiger partial charge >= 0.3 is 231 Å². The molecule has 0 aromatic heterocycles. The van der Waals surface area contributed by atoms with Crippen molar-refractivity contribution in [2.75, 3.05) is 6.61 Å². The van der Waals surface area contributed by atoms with Gasteiger partial charge in [0.1, 0.15) is 0 Å². The summed E-state index contributed by atoms with van der Waals surface area (Å²) in [6.45, 7) is 2.94. The van der Waals surface area contributed by atoms with Crippen molar-refractivity contribution in [2.24, 2.45) is 0 Å². The molecule has 0 aliphatic carbocycles. The molecule has 0 aliphatic heterocycles. The molecule has 0 saturated carbocycles. The zero-order valence-electron chi connectivity index (χ0n) is 22.4. The first-order valence-corrected chi connectivity index (χ1v) is 18.3. The van der Waals surface area contributed by atoms with Crippen LogP contribution in [0.3, 0.4) is 0 Å². The summed E-state index contributed by atoms with van der Waals surface area (Å²) >= 11 is 4.53. The molecule has 4 aromatic carbocycles. The standard InChI is InChI=1S/C34H40BrO2P/c1-2-3-4-5-6-7-17-26-37-34-25-24-30(36)27-29(34)28-38(35,31-18-11-8-12-19-31,32-20-13-9-14-21-32)33-22-15-10-16-23-33/h8-16,18-25,27,36H,2-7,17,26,28H2,1H3. The molecule has 0 fully saturated rings. The van der Waals surface area contributed by atoms with Crippen molar-refractivity contribution in [3.05, 3.63) is 115 Å². The van der Waals surface area contributed by atoms with E-state index in [1.807, 2.05) is 12.1 Å². The average molecular weight is 592 g/mol. The second-order valence-electron chi connectivity index (χ2n) is 10.1. The number of unbranched alkanes of at least 4 members (excludes halogenated alkanes) is 6. The van der Waals surface area contributed by atoms with Crippen molar-refractivity contribution < 1.29 is 9.84 Å². The van der Waals surface area contributed by atoms with Crippen LogP contribution in [0.15, 0.2) is 109 Å². The fourth-order valence-corrected chi connectivity index (χ4v) is 13.0. The van der Waals surface area contributed by atoms with Gasteiger partial charge in [-0.15, -0.1) is 0 Å². The van der Waals surface area contributed by atoms with E-state index < -0.39 is 5.31 Å². The molecular weight excluding hydrogens is 551 g/mol. The first-order chi connectivity index (χ1) is 18.6. The van der Waals surface area contributed by atoms with E-state index in [2.05, 4.69) is 113 Å². The van der Waals surface area contributed by atoms with Gasteiger partial charge in [-0.1, -0.05) is 6.92 Å². The van der Waals surface area contributed by atoms with Crippen LogP contribution in [0, 0.1) is 0 Å². The zero-order chi connectivity index (χ0) is 26.7. The second-order valence-corrected chi connectivity index (χ2v) is 19.0. The quantitative estimate of drug-likeness (QED) is 0.117. The van der Waals surface area contributed by atoms with Crippen LogP contribution in [-0.4, -0.2) is 11.7 Å². The Morgan fingerprint density at radius 2 is 1.11 bits per heavy atom. The molecule has 1 N–H and O–H groups in total. The number of halogens is 1. The Hall–Kier alpha value is -2.61. The molecule has 0 unspecified atom stereocenters. The van der Waals surface area contributed by atoms with Gasteiger partial charge in [-0.3, -0.25) is 0 Å². The van der Waals surface area contributed by atoms with E-state index in [0.717, 1.165) is 17.7 Å². The van der Waals surface area contributed by atoms with E-state index in [0.29, 0.717) is 12.8 Å². The second kappa shape index (κ2) is 13.5. The number of hydrogen-bond acceptors (Lipinski definition) is 2. The number of hydrogen-bond donors (Lipinski definition) is 1. The maximum atomic E-state index is 10.6. The first-order valence-electron chi connectivity index (χ1n) is 13.9. The predicted molar refractivity (Wildman–Crippen MR) is 169 cm³/mol. The summed E-state index contributed by atoms with van der Waals surface area (Å²) in [4.78, 5) is 0. The molecule has 0 heterocycles. The summed E-state index contributed by atoms with van der Waals surface area (Å²) in [5, 5.41) is 11.1. The van der Waals surface area contributed by atoms with Gasteiger partial charge in [0.05, 0.1) is 0 Å². The molecule has 0 spiro atoms. The molecule has 4 heteroatoms. The Bertz CT molecular complexity index is 1160. The Kier molecular flexibility index (Phi) is 10.1. The maximum absolute atomic E-state index is 10.6. The van der Waals surface area contributed by atoms with Crippen molar-refractivity contribution in [3.8, 4) is 11.5 Å². The molecule has 200 valence electrons. The molecule has 0 radical (unpaired) electrons. The average Bonchev–Trinajstić information content (AvgIpc) is 2.97. The van der Waals surface area contributed by atoms with Gasteiger partial charge in [0.2, 0.25) is 0 Å². The van der Waals surface area contributed by atoms with Gasteiger partial charge in [-0.2, -0.15) is 0 Å². The number of rotatable bonds is 14. The van der Waals surface area contributed by atoms with Gasteiger partial charge in [0, 0.05) is 0 Å². The molecule has 4 rings (SSSR count). The van der Waals surface area contributed by atoms with Crippen LogP contribution in [0.2, 0.25) is 0 Å². The van der Waals surface area contributed by atoms with Crippen LogP contribution in [0.25, 0.3) is 0 Å². The van der Waals surface area contributed by atoms with Crippen LogP contribution in [-0.2, 0) is 6.16 Å². The number of phenols is 1. The fourth-order valence-electron chi connectivity index (χ4n) is 5.33. The van der Waals surface area contributed by atoms with Gasteiger partial charge < -0.3 is 0 Å². The summed E-state index contributed by atoms with van der Waals surface area (Å²) < 4.78 is 6.41. The Balaban J connectivity index is 1.72. The Morgan fingerprint density at radius 1 is 0.632 bits per heavy atom. The van der Waals surface area contributed by atoms with Crippen molar-refractivity contribution >= 4 is 36.7 Å². The molecule has 0 bridgehead atoms. The summed E-state index contributed by atoms with van der Waals surface area (Å²) in [5.74, 6) is 1.11. The molecule has 2 nitrogen and oxygen atoms in total. The molecule has 0 amide bonds. The summed E-state index contributed by atoms with van der Waals surface area (Å²) in [7, 11) is 0. The van der Waals surface area contributed by atoms with Crippen molar-refractivity contribution in [3.63, 3.8) is 0 Å². The Labute approximate surface area is 236 Å². The molecule has 38 heavy (non-hydrogen) atoms. The summed E-state index contributed by atoms with van der Waals surface area (Å²) in [6, 6.07) is 37.8. The van der Waals surface area contributed by atoms with Crippen molar-refractivity contribution in [1.82, 2.24) is 0 Å². The van der Waals surface area contributed by atoms with Gasteiger partial charge in [0.15, 0.2) is 0 Å². The summed E-state index contributed by atoms with van der Waals surface area (Å²) in [5.41, 5.74) is 1.01. The van der Waals surface area contributed by atoms with Crippen molar-refractivity contribution in [2.45, 2.75) is 58.0 Å². The molecular formula is C34H40BrO2P. The third-order valence-electron chi connectivity index (χ3n) is 7.40. The number of ether oxygens (including phenoxy) is 1. The van der Waals surface area contributed by atoms with Crippen LogP contribution in [0.1, 0.15) is 57.4 Å². The normalized spacial score (nSPS) is 12.5. The predicted octanol–water partition coefficient (Wildman–Crippen LogP) is 8.86. The number of aromatic hydroxyl groups is 1. The fraction of sp³-hybridized carbons (Fsp3) is 0.294. The van der Waals surface area contributed by atoms with Crippen LogP contribution >= 0.6 is 20.8 Å². The molecule has 0 saturated heterocycles. The first kappa shape index (κ1) is 28.4. The van der Waals surface area contributed by atoms with Gasteiger partial charge in [-0.05, 0) is 0 Å². The minimum atomic E-state index is -3.19. The Morgan fingerprint density at radius 3 is 1.61 bits per heavy atom. The third kappa shape index (κ3) is 6.33. The van der Waals surface area contributed by atoms with Crippen LogP contribution in [0.4, 0.5) is 0 Å². The van der Waals surface area contributed by atoms with E-state index in [-0.39, 0.29) is 5.75 Å². The van der Waals surface area contributed by atoms with Crippen LogP contribution < -0.4 is 20.7 Å². The minimum absolute atomic E-state index is 0.259. The van der Waals surface area contributed by atoms with Gasteiger partial charge in [-0.25, -0.2) is 0 Å². The summed E-state index contributed by atoms with van der Waals surface area (Å²) in [6.07, 6.45) is 9.42. The topological polar surface area (TPSA) is 29.5 Å². The molecule has 4 aromatic rings. The van der Waals surface area contributed by atoms with E-state index >= 15 is 0 Å². The van der Waals surface area contributed by atoms with Crippen LogP contribution in [0.5, 0.6) is 11.5 Å². The molecule has 0 aliphatic rings. The van der Waals surface area contributed by atoms with E-state index in [1.165, 1.54) is 54.4 Å². The SMILES string of the molecule is CCCCCCCCCOc1ccc(O)cc1CP(Br)(c1ccccc1)(c1ccccc1)c1ccccc1. The number of phenolic OH excluding ortho intramolecular Hbond substituents is 1. The van der Waals surface area contributed by atoms with Gasteiger partial charge in [0.25, 0.3) is 0 Å². The van der Waals surface area contributed by atoms with Crippen molar-refractivity contribution in [1.29, 1.82) is 0 Å². The van der Waals surface area contributed by atoms with E-state index in [9.17, 15) is 5.11 Å². The monoisotopic (exact) mass is 590 g/mol. The molecule has 0 atom stereocenters. The third-order valence-corrected chi connectivity index (χ3v) is 16.9. The zero-order valence-corrected chi connectivity index (χ0v) is 24.9. The van der Waals surface area contributed by atoms with E-state index in [1.54, 1.807) is 6.07 Å². The number of benzene rings is 4. The van der Waals surface area contributed by atoms with E-state index in [4.69, 9.17) is 4.74 Å².